The SMILES string of the molecule is Nc1c2c(-c3cccc(F)c3)nc(NCCN3CCCCC3)nc2nn1-c1ccccc1. The van der Waals surface area contributed by atoms with E-state index in [9.17, 15) is 4.39 Å². The second-order valence-corrected chi connectivity index (χ2v) is 8.07. The average molecular weight is 432 g/mol. The quantitative estimate of drug-likeness (QED) is 0.478. The van der Waals surface area contributed by atoms with E-state index < -0.39 is 0 Å². The first kappa shape index (κ1) is 20.4. The molecule has 0 saturated carbocycles. The minimum absolute atomic E-state index is 0.331. The van der Waals surface area contributed by atoms with Crippen molar-refractivity contribution in [2.75, 3.05) is 37.2 Å². The number of nitrogens with zero attached hydrogens (tertiary/aromatic N) is 5. The Morgan fingerprint density at radius 3 is 2.56 bits per heavy atom. The highest BCUT2D eigenvalue weighted by Crippen LogP contribution is 2.33. The van der Waals surface area contributed by atoms with E-state index >= 15 is 0 Å². The summed E-state index contributed by atoms with van der Waals surface area (Å²) in [6.07, 6.45) is 3.82. The molecule has 0 spiro atoms. The van der Waals surface area contributed by atoms with Crippen molar-refractivity contribution in [2.45, 2.75) is 19.3 Å². The van der Waals surface area contributed by atoms with E-state index in [4.69, 9.17) is 10.7 Å². The van der Waals surface area contributed by atoms with Crippen LogP contribution in [0.5, 0.6) is 0 Å². The maximum Gasteiger partial charge on any atom is 0.225 e. The fourth-order valence-electron chi connectivity index (χ4n) is 4.21. The molecule has 7 nitrogen and oxygen atoms in total. The molecule has 0 atom stereocenters. The molecule has 2 aromatic heterocycles. The lowest BCUT2D eigenvalue weighted by molar-refractivity contribution is 0.237. The summed E-state index contributed by atoms with van der Waals surface area (Å²) in [5, 5.41) is 8.59. The van der Waals surface area contributed by atoms with Crippen LogP contribution in [0.3, 0.4) is 0 Å². The van der Waals surface area contributed by atoms with Gasteiger partial charge >= 0.3 is 0 Å². The van der Waals surface area contributed by atoms with Crippen molar-refractivity contribution in [3.8, 4) is 16.9 Å². The zero-order chi connectivity index (χ0) is 21.9. The molecule has 5 rings (SSSR count). The fourth-order valence-corrected chi connectivity index (χ4v) is 4.21. The number of para-hydroxylation sites is 1. The molecular weight excluding hydrogens is 405 g/mol. The molecule has 3 heterocycles. The number of rotatable bonds is 6. The van der Waals surface area contributed by atoms with Crippen LogP contribution in [-0.4, -0.2) is 50.8 Å². The lowest BCUT2D eigenvalue weighted by atomic mass is 10.1. The third kappa shape index (κ3) is 4.13. The van der Waals surface area contributed by atoms with Crippen molar-refractivity contribution < 1.29 is 4.39 Å². The van der Waals surface area contributed by atoms with Gasteiger partial charge in [-0.15, -0.1) is 5.10 Å². The first-order valence-corrected chi connectivity index (χ1v) is 11.0. The van der Waals surface area contributed by atoms with Crippen LogP contribution in [0.4, 0.5) is 16.2 Å². The van der Waals surface area contributed by atoms with Gasteiger partial charge in [-0.3, -0.25) is 0 Å². The van der Waals surface area contributed by atoms with Crippen LogP contribution in [0.1, 0.15) is 19.3 Å². The van der Waals surface area contributed by atoms with E-state index in [0.717, 1.165) is 31.9 Å². The number of aromatic nitrogens is 4. The lowest BCUT2D eigenvalue weighted by Gasteiger charge is -2.26. The highest BCUT2D eigenvalue weighted by molar-refractivity contribution is 5.99. The summed E-state index contributed by atoms with van der Waals surface area (Å²) >= 11 is 0. The summed E-state index contributed by atoms with van der Waals surface area (Å²) in [7, 11) is 0. The van der Waals surface area contributed by atoms with Crippen molar-refractivity contribution in [2.24, 2.45) is 0 Å². The van der Waals surface area contributed by atoms with Crippen LogP contribution < -0.4 is 11.1 Å². The Bertz CT molecular complexity index is 1220. The van der Waals surface area contributed by atoms with Crippen molar-refractivity contribution in [1.29, 1.82) is 0 Å². The second-order valence-electron chi connectivity index (χ2n) is 8.07. The van der Waals surface area contributed by atoms with Crippen molar-refractivity contribution in [1.82, 2.24) is 24.6 Å². The van der Waals surface area contributed by atoms with Gasteiger partial charge in [0, 0.05) is 18.7 Å². The molecule has 0 unspecified atom stereocenters. The summed E-state index contributed by atoms with van der Waals surface area (Å²) in [5.41, 5.74) is 8.99. The lowest BCUT2D eigenvalue weighted by Crippen LogP contribution is -2.33. The van der Waals surface area contributed by atoms with Gasteiger partial charge in [-0.05, 0) is 50.2 Å². The largest absolute Gasteiger partial charge is 0.383 e. The first-order valence-electron chi connectivity index (χ1n) is 11.0. The molecule has 1 aliphatic heterocycles. The van der Waals surface area contributed by atoms with Gasteiger partial charge in [0.05, 0.1) is 16.8 Å². The summed E-state index contributed by atoms with van der Waals surface area (Å²) in [6.45, 7) is 3.92. The summed E-state index contributed by atoms with van der Waals surface area (Å²) in [6, 6.07) is 16.0. The monoisotopic (exact) mass is 431 g/mol. The maximum absolute atomic E-state index is 14.0. The minimum atomic E-state index is -0.331. The predicted molar refractivity (Wildman–Crippen MR) is 125 cm³/mol. The number of fused-ring (bicyclic) bond motifs is 1. The van der Waals surface area contributed by atoms with Gasteiger partial charge in [0.25, 0.3) is 0 Å². The number of nitrogens with one attached hydrogen (secondary N) is 1. The molecule has 2 aromatic carbocycles. The zero-order valence-electron chi connectivity index (χ0n) is 17.8. The molecule has 0 amide bonds. The summed E-state index contributed by atoms with van der Waals surface area (Å²) in [4.78, 5) is 11.8. The van der Waals surface area contributed by atoms with Gasteiger partial charge in [-0.2, -0.15) is 4.98 Å². The molecule has 3 N–H and O–H groups in total. The Morgan fingerprint density at radius 2 is 1.78 bits per heavy atom. The number of hydrogen-bond acceptors (Lipinski definition) is 6. The highest BCUT2D eigenvalue weighted by Gasteiger charge is 2.19. The van der Waals surface area contributed by atoms with Crippen LogP contribution in [0, 0.1) is 5.82 Å². The molecule has 164 valence electrons. The van der Waals surface area contributed by atoms with Gasteiger partial charge in [-0.1, -0.05) is 36.8 Å². The molecule has 0 radical (unpaired) electrons. The molecule has 4 aromatic rings. The normalized spacial score (nSPS) is 14.7. The number of hydrogen-bond donors (Lipinski definition) is 2. The van der Waals surface area contributed by atoms with Crippen LogP contribution in [0.15, 0.2) is 54.6 Å². The molecule has 1 fully saturated rings. The standard InChI is InChI=1S/C24H26FN7/c25-18-9-7-8-17(16-18)21-20-22(26)32(19-10-3-1-4-11-19)30-23(20)29-24(28-21)27-12-15-31-13-5-2-6-14-31/h1,3-4,7-11,16H,2,5-6,12-15,26H2,(H,27,29,30). The van der Waals surface area contributed by atoms with E-state index in [1.807, 2.05) is 36.4 Å². The summed E-state index contributed by atoms with van der Waals surface area (Å²) < 4.78 is 15.7. The average Bonchev–Trinajstić information content (AvgIpc) is 3.16. The van der Waals surface area contributed by atoms with Gasteiger partial charge in [0.15, 0.2) is 5.65 Å². The van der Waals surface area contributed by atoms with Gasteiger partial charge in [0.2, 0.25) is 5.95 Å². The number of anilines is 2. The number of nitrogen functional groups attached to an aromatic ring is 1. The Morgan fingerprint density at radius 1 is 0.969 bits per heavy atom. The van der Waals surface area contributed by atoms with Gasteiger partial charge in [-0.25, -0.2) is 14.1 Å². The molecule has 32 heavy (non-hydrogen) atoms. The Balaban J connectivity index is 1.53. The molecular formula is C24H26FN7. The van der Waals surface area contributed by atoms with Crippen LogP contribution >= 0.6 is 0 Å². The summed E-state index contributed by atoms with van der Waals surface area (Å²) in [5.74, 6) is 0.555. The van der Waals surface area contributed by atoms with Crippen molar-refractivity contribution in [3.05, 3.63) is 60.4 Å². The minimum Gasteiger partial charge on any atom is -0.383 e. The molecule has 0 aliphatic carbocycles. The zero-order valence-corrected chi connectivity index (χ0v) is 17.8. The smallest absolute Gasteiger partial charge is 0.225 e. The van der Waals surface area contributed by atoms with Crippen molar-refractivity contribution in [3.63, 3.8) is 0 Å². The second kappa shape index (κ2) is 8.92. The Kier molecular flexibility index (Phi) is 5.68. The number of benzene rings is 2. The molecule has 1 aliphatic rings. The van der Waals surface area contributed by atoms with Gasteiger partial charge < -0.3 is 16.0 Å². The van der Waals surface area contributed by atoms with E-state index in [0.29, 0.717) is 34.1 Å². The van der Waals surface area contributed by atoms with E-state index in [1.165, 1.54) is 31.4 Å². The van der Waals surface area contributed by atoms with Crippen LogP contribution in [0.25, 0.3) is 28.0 Å². The number of nitrogens with two attached hydrogens (primary N) is 1. The van der Waals surface area contributed by atoms with Gasteiger partial charge in [0.1, 0.15) is 11.6 Å². The Labute approximate surface area is 186 Å². The highest BCUT2D eigenvalue weighted by atomic mass is 19.1. The number of piperidine rings is 1. The molecule has 8 heteroatoms. The maximum atomic E-state index is 14.0. The number of halogens is 1. The van der Waals surface area contributed by atoms with Crippen molar-refractivity contribution >= 4 is 22.8 Å². The van der Waals surface area contributed by atoms with E-state index in [2.05, 4.69) is 20.3 Å². The fraction of sp³-hybridized carbons (Fsp3) is 0.292. The van der Waals surface area contributed by atoms with E-state index in [1.54, 1.807) is 10.7 Å². The van der Waals surface area contributed by atoms with Crippen LogP contribution in [-0.2, 0) is 0 Å². The molecule has 1 saturated heterocycles. The predicted octanol–water partition coefficient (Wildman–Crippen LogP) is 4.10. The Hall–Kier alpha value is -3.52. The third-order valence-electron chi connectivity index (χ3n) is 5.83. The van der Waals surface area contributed by atoms with Crippen LogP contribution in [0.2, 0.25) is 0 Å². The first-order chi connectivity index (χ1) is 15.7. The third-order valence-corrected chi connectivity index (χ3v) is 5.83. The van der Waals surface area contributed by atoms with E-state index in [-0.39, 0.29) is 5.82 Å². The number of likely N-dealkylation sites (tertiary alicyclic amines) is 1. The molecule has 0 bridgehead atoms. The topological polar surface area (TPSA) is 84.9 Å².